The van der Waals surface area contributed by atoms with Gasteiger partial charge in [0.1, 0.15) is 18.5 Å². The van der Waals surface area contributed by atoms with Gasteiger partial charge < -0.3 is 19.7 Å². The number of aliphatic hydroxyl groups is 1. The molecule has 0 aliphatic heterocycles. The van der Waals surface area contributed by atoms with Crippen molar-refractivity contribution in [1.82, 2.24) is 0 Å². The predicted molar refractivity (Wildman–Crippen MR) is 61.8 cm³/mol. The van der Waals surface area contributed by atoms with Crippen molar-refractivity contribution < 1.29 is 24.5 Å². The van der Waals surface area contributed by atoms with Gasteiger partial charge in [-0.1, -0.05) is 11.6 Å². The van der Waals surface area contributed by atoms with E-state index in [2.05, 4.69) is 0 Å². The highest BCUT2D eigenvalue weighted by molar-refractivity contribution is 6.32. The van der Waals surface area contributed by atoms with Crippen molar-refractivity contribution in [3.63, 3.8) is 0 Å². The number of ether oxygens (including phenoxy) is 2. The number of hydrogen-bond donors (Lipinski definition) is 2. The Kier molecular flexibility index (Phi) is 5.21. The van der Waals surface area contributed by atoms with Crippen molar-refractivity contribution in [1.29, 1.82) is 0 Å². The van der Waals surface area contributed by atoms with Crippen molar-refractivity contribution in [3.05, 3.63) is 28.8 Å². The van der Waals surface area contributed by atoms with Gasteiger partial charge in [-0.25, -0.2) is 4.79 Å². The van der Waals surface area contributed by atoms with Crippen LogP contribution in [0.25, 0.3) is 0 Å². The minimum Gasteiger partial charge on any atom is -0.489 e. The molecule has 5 nitrogen and oxygen atoms in total. The van der Waals surface area contributed by atoms with Gasteiger partial charge in [-0.2, -0.15) is 0 Å². The summed E-state index contributed by atoms with van der Waals surface area (Å²) in [6.07, 6.45) is -0.754. The van der Waals surface area contributed by atoms with Crippen LogP contribution in [0.15, 0.2) is 18.2 Å². The molecule has 0 aliphatic rings. The van der Waals surface area contributed by atoms with Crippen molar-refractivity contribution in [3.8, 4) is 5.75 Å². The quantitative estimate of drug-likeness (QED) is 0.809. The van der Waals surface area contributed by atoms with Crippen molar-refractivity contribution in [2.75, 3.05) is 20.3 Å². The maximum absolute atomic E-state index is 10.7. The second kappa shape index (κ2) is 6.44. The normalized spacial score (nSPS) is 12.2. The van der Waals surface area contributed by atoms with E-state index in [0.717, 1.165) is 0 Å². The lowest BCUT2D eigenvalue weighted by Crippen LogP contribution is -2.22. The molecule has 0 radical (unpaired) electrons. The first kappa shape index (κ1) is 13.8. The molecule has 0 bridgehead atoms. The molecule has 6 heteroatoms. The van der Waals surface area contributed by atoms with Crippen LogP contribution < -0.4 is 4.74 Å². The number of rotatable bonds is 6. The molecular formula is C11H13ClO5. The largest absolute Gasteiger partial charge is 0.489 e. The Hall–Kier alpha value is -1.30. The Morgan fingerprint density at radius 3 is 2.71 bits per heavy atom. The van der Waals surface area contributed by atoms with E-state index < -0.39 is 12.1 Å². The average molecular weight is 261 g/mol. The molecule has 0 heterocycles. The number of carboxylic acids is 1. The summed E-state index contributed by atoms with van der Waals surface area (Å²) in [5.41, 5.74) is 0.0831. The number of halogens is 1. The van der Waals surface area contributed by atoms with E-state index in [1.54, 1.807) is 0 Å². The number of methoxy groups -OCH3 is 1. The average Bonchev–Trinajstić information content (AvgIpc) is 2.27. The fraction of sp³-hybridized carbons (Fsp3) is 0.364. The van der Waals surface area contributed by atoms with Gasteiger partial charge in [0, 0.05) is 7.11 Å². The van der Waals surface area contributed by atoms with E-state index in [9.17, 15) is 9.90 Å². The molecule has 2 N–H and O–H groups in total. The minimum atomic E-state index is -1.06. The summed E-state index contributed by atoms with van der Waals surface area (Å²) in [4.78, 5) is 10.7. The zero-order valence-corrected chi connectivity index (χ0v) is 9.98. The van der Waals surface area contributed by atoms with Crippen LogP contribution in [0, 0.1) is 0 Å². The number of benzene rings is 1. The Balaban J connectivity index is 2.63. The molecule has 0 amide bonds. The van der Waals surface area contributed by atoms with E-state index in [-0.39, 0.29) is 23.8 Å². The molecule has 0 saturated carbocycles. The molecule has 1 unspecified atom stereocenters. The van der Waals surface area contributed by atoms with Crippen LogP contribution in [0.3, 0.4) is 0 Å². The smallest absolute Gasteiger partial charge is 0.335 e. The zero-order chi connectivity index (χ0) is 12.8. The van der Waals surface area contributed by atoms with Crippen LogP contribution in [0.4, 0.5) is 0 Å². The van der Waals surface area contributed by atoms with Crippen molar-refractivity contribution in [2.45, 2.75) is 6.10 Å². The van der Waals surface area contributed by atoms with Crippen LogP contribution in [-0.4, -0.2) is 42.6 Å². The van der Waals surface area contributed by atoms with E-state index in [0.29, 0.717) is 5.75 Å². The summed E-state index contributed by atoms with van der Waals surface area (Å²) in [7, 11) is 1.47. The lowest BCUT2D eigenvalue weighted by atomic mass is 10.2. The SMILES string of the molecule is COCC(O)COc1ccc(C(=O)O)cc1Cl. The van der Waals surface area contributed by atoms with Crippen molar-refractivity contribution >= 4 is 17.6 Å². The Morgan fingerprint density at radius 1 is 1.47 bits per heavy atom. The van der Waals surface area contributed by atoms with E-state index in [1.807, 2.05) is 0 Å². The Bertz CT molecular complexity index is 393. The lowest BCUT2D eigenvalue weighted by molar-refractivity contribution is 0.0325. The Labute approximate surface area is 104 Å². The highest BCUT2D eigenvalue weighted by Crippen LogP contribution is 2.25. The minimum absolute atomic E-state index is 0.0278. The molecule has 1 aromatic rings. The maximum Gasteiger partial charge on any atom is 0.335 e. The first-order chi connectivity index (χ1) is 8.04. The second-order valence-corrected chi connectivity index (χ2v) is 3.78. The summed E-state index contributed by atoms with van der Waals surface area (Å²) in [6.45, 7) is 0.185. The van der Waals surface area contributed by atoms with Gasteiger partial charge in [0.15, 0.2) is 0 Å². The van der Waals surface area contributed by atoms with Gasteiger partial charge in [-0.05, 0) is 18.2 Å². The van der Waals surface area contributed by atoms with Crippen LogP contribution in [0.1, 0.15) is 10.4 Å². The molecule has 0 spiro atoms. The number of carboxylic acid groups (broad SMARTS) is 1. The van der Waals surface area contributed by atoms with Gasteiger partial charge in [0.25, 0.3) is 0 Å². The highest BCUT2D eigenvalue weighted by Gasteiger charge is 2.10. The number of hydrogen-bond acceptors (Lipinski definition) is 4. The highest BCUT2D eigenvalue weighted by atomic mass is 35.5. The third-order valence-corrected chi connectivity index (χ3v) is 2.26. The van der Waals surface area contributed by atoms with E-state index in [4.69, 9.17) is 26.2 Å². The fourth-order valence-electron chi connectivity index (χ4n) is 1.18. The van der Waals surface area contributed by atoms with E-state index >= 15 is 0 Å². The molecule has 17 heavy (non-hydrogen) atoms. The lowest BCUT2D eigenvalue weighted by Gasteiger charge is -2.12. The van der Waals surface area contributed by atoms with Gasteiger partial charge in [-0.3, -0.25) is 0 Å². The zero-order valence-electron chi connectivity index (χ0n) is 9.22. The third kappa shape index (κ3) is 4.22. The molecule has 1 rings (SSSR count). The molecule has 0 fully saturated rings. The Morgan fingerprint density at radius 2 is 2.18 bits per heavy atom. The van der Waals surface area contributed by atoms with Crippen LogP contribution in [0.2, 0.25) is 5.02 Å². The molecule has 0 aliphatic carbocycles. The van der Waals surface area contributed by atoms with Gasteiger partial charge >= 0.3 is 5.97 Å². The number of aliphatic hydroxyl groups excluding tert-OH is 1. The van der Waals surface area contributed by atoms with E-state index in [1.165, 1.54) is 25.3 Å². The van der Waals surface area contributed by atoms with Gasteiger partial charge in [0.05, 0.1) is 17.2 Å². The van der Waals surface area contributed by atoms with Crippen LogP contribution >= 0.6 is 11.6 Å². The maximum atomic E-state index is 10.7. The molecular weight excluding hydrogens is 248 g/mol. The summed E-state index contributed by atoms with van der Waals surface area (Å²) < 4.78 is 9.96. The number of aromatic carboxylic acids is 1. The molecule has 94 valence electrons. The second-order valence-electron chi connectivity index (χ2n) is 3.37. The first-order valence-corrected chi connectivity index (χ1v) is 5.25. The molecule has 0 saturated heterocycles. The molecule has 1 atom stereocenters. The fourth-order valence-corrected chi connectivity index (χ4v) is 1.41. The van der Waals surface area contributed by atoms with Crippen molar-refractivity contribution in [2.24, 2.45) is 0 Å². The van der Waals surface area contributed by atoms with Crippen LogP contribution in [-0.2, 0) is 4.74 Å². The summed E-state index contributed by atoms with van der Waals surface area (Å²) >= 11 is 5.83. The molecule has 0 aromatic heterocycles. The summed E-state index contributed by atoms with van der Waals surface area (Å²) in [6, 6.07) is 4.12. The van der Waals surface area contributed by atoms with Gasteiger partial charge in [0.2, 0.25) is 0 Å². The molecule has 1 aromatic carbocycles. The third-order valence-electron chi connectivity index (χ3n) is 1.97. The first-order valence-electron chi connectivity index (χ1n) is 4.87. The summed E-state index contributed by atoms with van der Waals surface area (Å²) in [5, 5.41) is 18.3. The van der Waals surface area contributed by atoms with Gasteiger partial charge in [-0.15, -0.1) is 0 Å². The summed E-state index contributed by atoms with van der Waals surface area (Å²) in [5.74, 6) is -0.732. The van der Waals surface area contributed by atoms with Crippen LogP contribution in [0.5, 0.6) is 5.75 Å². The number of carbonyl (C=O) groups is 1. The topological polar surface area (TPSA) is 76.0 Å². The monoisotopic (exact) mass is 260 g/mol. The predicted octanol–water partition coefficient (Wildman–Crippen LogP) is 1.42. The standard InChI is InChI=1S/C11H13ClO5/c1-16-5-8(13)6-17-10-3-2-7(11(14)15)4-9(10)12/h2-4,8,13H,5-6H2,1H3,(H,14,15).